The van der Waals surface area contributed by atoms with Crippen LogP contribution in [-0.2, 0) is 76.1 Å². The van der Waals surface area contributed by atoms with E-state index in [9.17, 15) is 28.8 Å². The number of unbranched alkanes of at least 4 members (excludes halogenated alkanes) is 5. The second kappa shape index (κ2) is 20.1. The van der Waals surface area contributed by atoms with Crippen LogP contribution in [-0.4, -0.2) is 111 Å². The van der Waals surface area contributed by atoms with Crippen molar-refractivity contribution in [3.05, 3.63) is 0 Å². The molecule has 0 bridgehead atoms. The summed E-state index contributed by atoms with van der Waals surface area (Å²) in [6, 6.07) is 0. The van der Waals surface area contributed by atoms with Crippen LogP contribution in [0, 0.1) is 0 Å². The van der Waals surface area contributed by atoms with Gasteiger partial charge in [-0.05, 0) is 6.42 Å². The van der Waals surface area contributed by atoms with E-state index in [2.05, 4.69) is 6.92 Å². The van der Waals surface area contributed by atoms with Gasteiger partial charge in [0.15, 0.2) is 49.2 Å². The average Bonchev–Trinajstić information content (AvgIpc) is 2.95. The number of ether oxygens (including phenoxy) is 10. The summed E-state index contributed by atoms with van der Waals surface area (Å²) in [5, 5.41) is 0. The molecule has 47 heavy (non-hydrogen) atoms. The van der Waals surface area contributed by atoms with Crippen molar-refractivity contribution in [2.75, 3.05) is 19.8 Å². The standard InChI is InChI=1S/C31H48O16/c1-8-9-10-11-12-13-14-38-31-29(46-22(7)37)27(44-20(5)35)25(42-18(3)33)24(47-31)16-40-30-28(45-21(6)36)26(43-19(4)34)23(15-39-30)41-17(2)32/h23-31H,8-16H2,1-7H3/t23-,24+,25+,26-,27-,28+,29+,30-,31+/m0/s1. The van der Waals surface area contributed by atoms with Crippen molar-refractivity contribution in [2.45, 2.75) is 142 Å². The highest BCUT2D eigenvalue weighted by atomic mass is 16.8. The van der Waals surface area contributed by atoms with E-state index >= 15 is 0 Å². The molecule has 0 aliphatic carbocycles. The van der Waals surface area contributed by atoms with Crippen molar-refractivity contribution in [3.8, 4) is 0 Å². The fourth-order valence-electron chi connectivity index (χ4n) is 5.25. The molecule has 0 spiro atoms. The highest BCUT2D eigenvalue weighted by Crippen LogP contribution is 2.32. The summed E-state index contributed by atoms with van der Waals surface area (Å²) < 4.78 is 56.2. The molecule has 2 aliphatic heterocycles. The lowest BCUT2D eigenvalue weighted by Gasteiger charge is -2.45. The zero-order chi connectivity index (χ0) is 35.1. The van der Waals surface area contributed by atoms with Gasteiger partial charge >= 0.3 is 35.8 Å². The van der Waals surface area contributed by atoms with Crippen molar-refractivity contribution in [3.63, 3.8) is 0 Å². The molecule has 0 aromatic heterocycles. The van der Waals surface area contributed by atoms with E-state index < -0.39 is 97.7 Å². The molecule has 0 N–H and O–H groups in total. The van der Waals surface area contributed by atoms with Crippen molar-refractivity contribution in [1.82, 2.24) is 0 Å². The van der Waals surface area contributed by atoms with Crippen LogP contribution >= 0.6 is 0 Å². The lowest BCUT2D eigenvalue weighted by atomic mass is 9.98. The Kier molecular flexibility index (Phi) is 17.1. The van der Waals surface area contributed by atoms with Crippen LogP contribution in [0.3, 0.4) is 0 Å². The van der Waals surface area contributed by atoms with Gasteiger partial charge in [-0.15, -0.1) is 0 Å². The van der Waals surface area contributed by atoms with Crippen molar-refractivity contribution < 1.29 is 76.1 Å². The zero-order valence-corrected chi connectivity index (χ0v) is 28.1. The van der Waals surface area contributed by atoms with Crippen LogP contribution in [0.15, 0.2) is 0 Å². The van der Waals surface area contributed by atoms with Crippen LogP contribution in [0.2, 0.25) is 0 Å². The molecule has 0 saturated carbocycles. The van der Waals surface area contributed by atoms with Gasteiger partial charge in [-0.25, -0.2) is 0 Å². The van der Waals surface area contributed by atoms with Crippen molar-refractivity contribution >= 4 is 35.8 Å². The number of hydrogen-bond donors (Lipinski definition) is 0. The maximum absolute atomic E-state index is 12.2. The van der Waals surface area contributed by atoms with Gasteiger partial charge in [-0.2, -0.15) is 0 Å². The Hall–Kier alpha value is -3.34. The molecule has 16 heteroatoms. The summed E-state index contributed by atoms with van der Waals surface area (Å²) >= 11 is 0. The van der Waals surface area contributed by atoms with E-state index in [4.69, 9.17) is 47.4 Å². The average molecular weight is 677 g/mol. The maximum Gasteiger partial charge on any atom is 0.303 e. The molecule has 0 aromatic carbocycles. The van der Waals surface area contributed by atoms with E-state index in [0.29, 0.717) is 6.42 Å². The first kappa shape index (κ1) is 39.8. The molecule has 2 heterocycles. The molecule has 9 atom stereocenters. The lowest BCUT2D eigenvalue weighted by Crippen LogP contribution is -2.63. The van der Waals surface area contributed by atoms with E-state index in [-0.39, 0.29) is 13.2 Å². The summed E-state index contributed by atoms with van der Waals surface area (Å²) in [5.74, 6) is -4.46. The van der Waals surface area contributed by atoms with Gasteiger partial charge in [0.05, 0.1) is 13.2 Å². The van der Waals surface area contributed by atoms with Gasteiger partial charge in [0, 0.05) is 48.1 Å². The second-order valence-electron chi connectivity index (χ2n) is 11.2. The Bertz CT molecular complexity index is 1060. The zero-order valence-electron chi connectivity index (χ0n) is 28.1. The Morgan fingerprint density at radius 2 is 1.00 bits per heavy atom. The van der Waals surface area contributed by atoms with Crippen LogP contribution in [0.1, 0.15) is 87.0 Å². The quantitative estimate of drug-likeness (QED) is 0.123. The molecule has 2 rings (SSSR count). The SMILES string of the molecule is CCCCCCCCO[C@@H]1O[C@H](CO[C@@H]2OC[C@H](OC(C)=O)[C@H](OC(C)=O)[C@H]2OC(C)=O)[C@@H](OC(C)=O)[C@H](OC(C)=O)[C@H]1OC(C)=O. The predicted molar refractivity (Wildman–Crippen MR) is 157 cm³/mol. The monoisotopic (exact) mass is 676 g/mol. The molecule has 16 nitrogen and oxygen atoms in total. The summed E-state index contributed by atoms with van der Waals surface area (Å²) in [6.07, 6.45) is -5.84. The first-order chi connectivity index (χ1) is 22.2. The Morgan fingerprint density at radius 1 is 0.532 bits per heavy atom. The molecular weight excluding hydrogens is 628 g/mol. The number of carbonyl (C=O) groups excluding carboxylic acids is 6. The van der Waals surface area contributed by atoms with Crippen molar-refractivity contribution in [2.24, 2.45) is 0 Å². The first-order valence-electron chi connectivity index (χ1n) is 15.8. The highest BCUT2D eigenvalue weighted by molar-refractivity contribution is 5.69. The minimum Gasteiger partial charge on any atom is -0.456 e. The van der Waals surface area contributed by atoms with Gasteiger partial charge < -0.3 is 47.4 Å². The predicted octanol–water partition coefficient (Wildman–Crippen LogP) is 2.05. The molecule has 0 unspecified atom stereocenters. The van der Waals surface area contributed by atoms with Crippen molar-refractivity contribution in [1.29, 1.82) is 0 Å². The molecule has 0 aromatic rings. The third-order valence-electron chi connectivity index (χ3n) is 7.01. The molecule has 268 valence electrons. The number of esters is 6. The van der Waals surface area contributed by atoms with Crippen LogP contribution in [0.25, 0.3) is 0 Å². The number of carbonyl (C=O) groups is 6. The number of hydrogen-bond acceptors (Lipinski definition) is 16. The second-order valence-corrected chi connectivity index (χ2v) is 11.2. The largest absolute Gasteiger partial charge is 0.456 e. The Labute approximate surface area is 274 Å². The van der Waals surface area contributed by atoms with E-state index in [1.54, 1.807) is 0 Å². The fraction of sp³-hybridized carbons (Fsp3) is 0.806. The minimum absolute atomic E-state index is 0.217. The third-order valence-corrected chi connectivity index (χ3v) is 7.01. The van der Waals surface area contributed by atoms with E-state index in [0.717, 1.165) is 73.6 Å². The molecule has 2 saturated heterocycles. The first-order valence-corrected chi connectivity index (χ1v) is 15.8. The molecule has 2 fully saturated rings. The summed E-state index contributed by atoms with van der Waals surface area (Å²) in [4.78, 5) is 72.2. The van der Waals surface area contributed by atoms with Gasteiger partial charge in [0.1, 0.15) is 6.10 Å². The van der Waals surface area contributed by atoms with Crippen LogP contribution in [0.5, 0.6) is 0 Å². The molecule has 2 aliphatic rings. The lowest BCUT2D eigenvalue weighted by molar-refractivity contribution is -0.325. The Morgan fingerprint density at radius 3 is 1.55 bits per heavy atom. The number of rotatable bonds is 17. The normalized spacial score (nSPS) is 28.8. The van der Waals surface area contributed by atoms with Crippen LogP contribution in [0.4, 0.5) is 0 Å². The summed E-state index contributed by atoms with van der Waals surface area (Å²) in [7, 11) is 0. The van der Waals surface area contributed by atoms with Gasteiger partial charge in [-0.1, -0.05) is 39.0 Å². The summed E-state index contributed by atoms with van der Waals surface area (Å²) in [6.45, 7) is 8.41. The van der Waals surface area contributed by atoms with Crippen LogP contribution < -0.4 is 0 Å². The smallest absolute Gasteiger partial charge is 0.303 e. The maximum atomic E-state index is 12.2. The molecular formula is C31H48O16. The topological polar surface area (TPSA) is 195 Å². The van der Waals surface area contributed by atoms with E-state index in [1.807, 2.05) is 0 Å². The molecule has 0 amide bonds. The highest BCUT2D eigenvalue weighted by Gasteiger charge is 2.54. The molecule has 0 radical (unpaired) electrons. The Balaban J connectivity index is 2.36. The minimum atomic E-state index is -1.40. The third kappa shape index (κ3) is 13.7. The fourth-order valence-corrected chi connectivity index (χ4v) is 5.25. The van der Waals surface area contributed by atoms with Gasteiger partial charge in [0.25, 0.3) is 0 Å². The summed E-state index contributed by atoms with van der Waals surface area (Å²) in [5.41, 5.74) is 0. The van der Waals surface area contributed by atoms with Gasteiger partial charge in [-0.3, -0.25) is 28.8 Å². The van der Waals surface area contributed by atoms with Gasteiger partial charge in [0.2, 0.25) is 0 Å². The van der Waals surface area contributed by atoms with E-state index in [1.165, 1.54) is 0 Å².